The number of nitro groups is 1. The van der Waals surface area contributed by atoms with Gasteiger partial charge in [0.05, 0.1) is 16.3 Å². The van der Waals surface area contributed by atoms with Gasteiger partial charge in [-0.3, -0.25) is 14.9 Å². The van der Waals surface area contributed by atoms with Crippen molar-refractivity contribution in [1.82, 2.24) is 4.68 Å². The highest BCUT2D eigenvalue weighted by atomic mass is 32.1. The minimum atomic E-state index is -0.453. The molecule has 0 saturated carbocycles. The maximum absolute atomic E-state index is 13.7. The van der Waals surface area contributed by atoms with Crippen LogP contribution in [-0.4, -0.2) is 27.3 Å². The number of hydrogen-bond acceptors (Lipinski definition) is 6. The molecule has 0 saturated heterocycles. The molecular formula is C30H23N5O3S. The largest absolute Gasteiger partial charge is 0.304 e. The summed E-state index contributed by atoms with van der Waals surface area (Å²) in [5.74, 6) is -0.203. The number of aromatic nitrogens is 1. The van der Waals surface area contributed by atoms with Crippen molar-refractivity contribution < 1.29 is 9.72 Å². The lowest BCUT2D eigenvalue weighted by atomic mass is 10.0. The van der Waals surface area contributed by atoms with Gasteiger partial charge in [0.1, 0.15) is 5.69 Å². The molecule has 39 heavy (non-hydrogen) atoms. The zero-order chi connectivity index (χ0) is 27.1. The van der Waals surface area contributed by atoms with Crippen LogP contribution < -0.4 is 9.70 Å². The summed E-state index contributed by atoms with van der Waals surface area (Å²) in [6.07, 6.45) is 0. The maximum atomic E-state index is 13.7. The van der Waals surface area contributed by atoms with Crippen molar-refractivity contribution in [3.05, 3.63) is 117 Å². The predicted molar refractivity (Wildman–Crippen MR) is 155 cm³/mol. The second-order valence-corrected chi connectivity index (χ2v) is 10.2. The number of thiazole rings is 1. The monoisotopic (exact) mass is 533 g/mol. The van der Waals surface area contributed by atoms with Crippen molar-refractivity contribution in [3.63, 3.8) is 0 Å². The average molecular weight is 534 g/mol. The molecular weight excluding hydrogens is 510 g/mol. The molecule has 0 N–H and O–H groups in total. The van der Waals surface area contributed by atoms with E-state index in [2.05, 4.69) is 4.99 Å². The normalized spacial score (nSPS) is 14.5. The van der Waals surface area contributed by atoms with Gasteiger partial charge in [-0.05, 0) is 36.8 Å². The summed E-state index contributed by atoms with van der Waals surface area (Å²) in [6.45, 7) is 3.93. The molecule has 1 aliphatic rings. The van der Waals surface area contributed by atoms with Crippen molar-refractivity contribution in [2.45, 2.75) is 19.9 Å². The van der Waals surface area contributed by atoms with Crippen LogP contribution in [0.25, 0.3) is 22.0 Å². The van der Waals surface area contributed by atoms with E-state index >= 15 is 0 Å². The van der Waals surface area contributed by atoms with Gasteiger partial charge in [-0.25, -0.2) is 9.67 Å². The zero-order valence-corrected chi connectivity index (χ0v) is 22.0. The lowest BCUT2D eigenvalue weighted by molar-refractivity contribution is -0.384. The number of benzene rings is 4. The highest BCUT2D eigenvalue weighted by Crippen LogP contribution is 2.33. The van der Waals surface area contributed by atoms with Crippen LogP contribution in [0.15, 0.2) is 106 Å². The summed E-state index contributed by atoms with van der Waals surface area (Å²) in [5.41, 5.74) is 3.58. The molecule has 0 bridgehead atoms. The fraction of sp³-hybridized carbons (Fsp3) is 0.100. The minimum absolute atomic E-state index is 0.0625. The van der Waals surface area contributed by atoms with Gasteiger partial charge in [0.25, 0.3) is 11.6 Å². The highest BCUT2D eigenvalue weighted by molar-refractivity contribution is 7.07. The lowest BCUT2D eigenvalue weighted by Gasteiger charge is -2.20. The highest BCUT2D eigenvalue weighted by Gasteiger charge is 2.35. The van der Waals surface area contributed by atoms with Gasteiger partial charge in [0.2, 0.25) is 4.80 Å². The number of amides is 1. The Morgan fingerprint density at radius 3 is 2.38 bits per heavy atom. The van der Waals surface area contributed by atoms with Gasteiger partial charge >= 0.3 is 0 Å². The predicted octanol–water partition coefficient (Wildman–Crippen LogP) is 6.52. The van der Waals surface area contributed by atoms with E-state index < -0.39 is 4.92 Å². The number of rotatable bonds is 5. The fourth-order valence-electron chi connectivity index (χ4n) is 4.86. The third kappa shape index (κ3) is 4.22. The van der Waals surface area contributed by atoms with E-state index in [-0.39, 0.29) is 23.3 Å². The molecule has 0 radical (unpaired) electrons. The molecule has 0 aliphatic carbocycles. The fourth-order valence-corrected chi connectivity index (χ4v) is 5.69. The average Bonchev–Trinajstić information content (AvgIpc) is 3.46. The Hall–Kier alpha value is -4.89. The summed E-state index contributed by atoms with van der Waals surface area (Å²) >= 11 is 1.31. The van der Waals surface area contributed by atoms with E-state index in [0.717, 1.165) is 33.3 Å². The Balaban J connectivity index is 1.65. The maximum Gasteiger partial charge on any atom is 0.294 e. The second-order valence-electron chi connectivity index (χ2n) is 9.33. The van der Waals surface area contributed by atoms with E-state index in [1.165, 1.54) is 17.4 Å². The zero-order valence-electron chi connectivity index (χ0n) is 21.2. The van der Waals surface area contributed by atoms with Crippen LogP contribution in [0, 0.1) is 10.1 Å². The quantitative estimate of drug-likeness (QED) is 0.190. The number of anilines is 1. The molecule has 0 spiro atoms. The van der Waals surface area contributed by atoms with Gasteiger partial charge in [0, 0.05) is 28.6 Å². The lowest BCUT2D eigenvalue weighted by Crippen LogP contribution is -2.36. The molecule has 8 nitrogen and oxygen atoms in total. The van der Waals surface area contributed by atoms with Crippen LogP contribution in [0.1, 0.15) is 19.4 Å². The van der Waals surface area contributed by atoms with Crippen molar-refractivity contribution in [2.24, 2.45) is 10.1 Å². The van der Waals surface area contributed by atoms with Crippen LogP contribution in [0.3, 0.4) is 0 Å². The molecule has 1 amide bonds. The van der Waals surface area contributed by atoms with Gasteiger partial charge in [-0.2, -0.15) is 5.10 Å². The summed E-state index contributed by atoms with van der Waals surface area (Å²) < 4.78 is 1.64. The molecule has 6 rings (SSSR count). The van der Waals surface area contributed by atoms with Crippen LogP contribution in [-0.2, 0) is 4.79 Å². The summed E-state index contributed by atoms with van der Waals surface area (Å²) in [6, 6.07) is 27.9. The van der Waals surface area contributed by atoms with E-state index in [1.807, 2.05) is 86.0 Å². The Morgan fingerprint density at radius 1 is 0.872 bits per heavy atom. The Labute approximate surface area is 228 Å². The van der Waals surface area contributed by atoms with Gasteiger partial charge in [-0.15, -0.1) is 11.3 Å². The first-order valence-electron chi connectivity index (χ1n) is 12.4. The number of carbonyl (C=O) groups is 1. The molecule has 1 aromatic heterocycles. The van der Waals surface area contributed by atoms with Gasteiger partial charge < -0.3 is 4.90 Å². The van der Waals surface area contributed by atoms with Crippen molar-refractivity contribution in [2.75, 3.05) is 4.90 Å². The molecule has 0 fully saturated rings. The van der Waals surface area contributed by atoms with Crippen molar-refractivity contribution in [3.8, 4) is 11.3 Å². The number of nitro benzene ring substituents is 1. The topological polar surface area (TPSA) is 93.1 Å². The number of nitrogens with zero attached hydrogens (tertiary/aromatic N) is 5. The van der Waals surface area contributed by atoms with Crippen molar-refractivity contribution >= 4 is 50.8 Å². The number of hydrogen-bond donors (Lipinski definition) is 0. The van der Waals surface area contributed by atoms with Gasteiger partial charge in [0.15, 0.2) is 5.71 Å². The third-order valence-electron chi connectivity index (χ3n) is 6.60. The molecule has 2 heterocycles. The number of para-hydroxylation sites is 3. The second kappa shape index (κ2) is 9.77. The third-order valence-corrected chi connectivity index (χ3v) is 7.42. The summed E-state index contributed by atoms with van der Waals surface area (Å²) in [7, 11) is 0. The molecule has 5 aromatic rings. The number of carbonyl (C=O) groups excluding carboxylic acids is 1. The minimum Gasteiger partial charge on any atom is -0.304 e. The molecule has 0 atom stereocenters. The van der Waals surface area contributed by atoms with Crippen LogP contribution in [0.2, 0.25) is 0 Å². The van der Waals surface area contributed by atoms with Crippen LogP contribution in [0.5, 0.6) is 0 Å². The first-order valence-corrected chi connectivity index (χ1v) is 13.3. The molecule has 192 valence electrons. The van der Waals surface area contributed by atoms with E-state index in [1.54, 1.807) is 27.8 Å². The first kappa shape index (κ1) is 24.4. The smallest absolute Gasteiger partial charge is 0.294 e. The summed E-state index contributed by atoms with van der Waals surface area (Å²) in [5, 5.41) is 20.6. The molecule has 1 aliphatic heterocycles. The molecule has 9 heteroatoms. The van der Waals surface area contributed by atoms with Gasteiger partial charge in [-0.1, -0.05) is 72.8 Å². The van der Waals surface area contributed by atoms with Crippen molar-refractivity contribution in [1.29, 1.82) is 0 Å². The van der Waals surface area contributed by atoms with E-state index in [9.17, 15) is 14.9 Å². The first-order chi connectivity index (χ1) is 18.9. The summed E-state index contributed by atoms with van der Waals surface area (Å²) in [4.78, 5) is 31.7. The van der Waals surface area contributed by atoms with Crippen LogP contribution in [0.4, 0.5) is 17.1 Å². The Morgan fingerprint density at radius 2 is 1.56 bits per heavy atom. The Bertz CT molecular complexity index is 1860. The number of fused-ring (bicyclic) bond motifs is 2. The Kier molecular flexibility index (Phi) is 6.12. The molecule has 0 unspecified atom stereocenters. The molecule has 4 aromatic carbocycles. The SMILES string of the molecule is CC(C)N1C(=O)C(=Nn2c(-c3cccc4ccccc34)csc2=Nc2ccccc2[N+](=O)[O-])c2ccccc21. The van der Waals surface area contributed by atoms with E-state index in [0.29, 0.717) is 10.5 Å². The van der Waals surface area contributed by atoms with E-state index in [4.69, 9.17) is 5.10 Å². The van der Waals surface area contributed by atoms with Crippen LogP contribution >= 0.6 is 11.3 Å². The standard InChI is InChI=1S/C30H23N5O3S/c1-19(2)33-25-16-7-5-13-23(25)28(29(33)36)32-34-27(22-14-9-11-20-10-3-4-12-21(20)22)18-39-30(34)31-24-15-6-8-17-26(24)35(37)38/h3-19H,1-2H3.